The number of rotatable bonds is 3. The third-order valence-electron chi connectivity index (χ3n) is 1.85. The van der Waals surface area contributed by atoms with Crippen molar-refractivity contribution in [3.63, 3.8) is 0 Å². The van der Waals surface area contributed by atoms with Crippen molar-refractivity contribution in [3.05, 3.63) is 30.1 Å². The van der Waals surface area contributed by atoms with Crippen molar-refractivity contribution in [3.8, 4) is 0 Å². The number of hydrogen-bond acceptors (Lipinski definition) is 2. The molecule has 3 nitrogen and oxygen atoms in total. The standard InChI is InChI=1S/C10H13BrN2O/c1-7(11)10(14)13-8(2)9-5-3-4-6-12-9/h3-8H,1-2H3,(H,13,14)/t7?,8-/m1/s1. The minimum atomic E-state index is -0.173. The van der Waals surface area contributed by atoms with Crippen LogP contribution in [0.4, 0.5) is 0 Å². The van der Waals surface area contributed by atoms with Crippen LogP contribution in [0.25, 0.3) is 0 Å². The first-order chi connectivity index (χ1) is 6.61. The smallest absolute Gasteiger partial charge is 0.234 e. The number of aromatic nitrogens is 1. The number of nitrogens with zero attached hydrogens (tertiary/aromatic N) is 1. The second-order valence-electron chi connectivity index (χ2n) is 3.10. The van der Waals surface area contributed by atoms with Gasteiger partial charge in [-0.2, -0.15) is 0 Å². The molecule has 2 atom stereocenters. The lowest BCUT2D eigenvalue weighted by Gasteiger charge is -2.14. The molecule has 0 saturated heterocycles. The molecule has 0 aromatic carbocycles. The van der Waals surface area contributed by atoms with Crippen molar-refractivity contribution >= 4 is 21.8 Å². The number of nitrogens with one attached hydrogen (secondary N) is 1. The molecule has 1 rings (SSSR count). The Bertz CT molecular complexity index is 300. The fourth-order valence-corrected chi connectivity index (χ4v) is 1.17. The van der Waals surface area contributed by atoms with Crippen LogP contribution in [0, 0.1) is 0 Å². The van der Waals surface area contributed by atoms with Crippen LogP contribution in [-0.4, -0.2) is 15.7 Å². The number of pyridine rings is 1. The summed E-state index contributed by atoms with van der Waals surface area (Å²) in [5.41, 5.74) is 0.869. The Balaban J connectivity index is 2.59. The van der Waals surface area contributed by atoms with Crippen molar-refractivity contribution in [2.75, 3.05) is 0 Å². The zero-order valence-electron chi connectivity index (χ0n) is 8.20. The highest BCUT2D eigenvalue weighted by Gasteiger charge is 2.13. The van der Waals surface area contributed by atoms with Crippen molar-refractivity contribution in [2.24, 2.45) is 0 Å². The number of amides is 1. The van der Waals surface area contributed by atoms with Crippen LogP contribution in [0.3, 0.4) is 0 Å². The summed E-state index contributed by atoms with van der Waals surface area (Å²) in [7, 11) is 0. The lowest BCUT2D eigenvalue weighted by atomic mass is 10.2. The molecule has 0 bridgehead atoms. The van der Waals surface area contributed by atoms with E-state index in [4.69, 9.17) is 0 Å². The van der Waals surface area contributed by atoms with E-state index in [0.29, 0.717) is 0 Å². The van der Waals surface area contributed by atoms with Crippen molar-refractivity contribution < 1.29 is 4.79 Å². The Morgan fingerprint density at radius 3 is 2.71 bits per heavy atom. The number of hydrogen-bond donors (Lipinski definition) is 1. The van der Waals surface area contributed by atoms with Gasteiger partial charge in [-0.15, -0.1) is 0 Å². The van der Waals surface area contributed by atoms with Crippen molar-refractivity contribution in [2.45, 2.75) is 24.7 Å². The van der Waals surface area contributed by atoms with Crippen LogP contribution in [0.2, 0.25) is 0 Å². The van der Waals surface area contributed by atoms with Gasteiger partial charge >= 0.3 is 0 Å². The molecule has 1 heterocycles. The first-order valence-corrected chi connectivity index (χ1v) is 5.38. The minimum Gasteiger partial charge on any atom is -0.347 e. The molecule has 0 spiro atoms. The predicted molar refractivity (Wildman–Crippen MR) is 59.2 cm³/mol. The Hall–Kier alpha value is -0.900. The fraction of sp³-hybridized carbons (Fsp3) is 0.400. The van der Waals surface area contributed by atoms with E-state index in [1.54, 1.807) is 13.1 Å². The highest BCUT2D eigenvalue weighted by Crippen LogP contribution is 2.09. The zero-order valence-corrected chi connectivity index (χ0v) is 9.78. The lowest BCUT2D eigenvalue weighted by Crippen LogP contribution is -2.32. The van der Waals surface area contributed by atoms with Crippen molar-refractivity contribution in [1.82, 2.24) is 10.3 Å². The lowest BCUT2D eigenvalue weighted by molar-refractivity contribution is -0.120. The van der Waals surface area contributed by atoms with Gasteiger partial charge in [0.05, 0.1) is 16.6 Å². The maximum absolute atomic E-state index is 11.3. The first-order valence-electron chi connectivity index (χ1n) is 4.46. The van der Waals surface area contributed by atoms with Crippen LogP contribution in [0.5, 0.6) is 0 Å². The van der Waals surface area contributed by atoms with Gasteiger partial charge in [-0.05, 0) is 26.0 Å². The van der Waals surface area contributed by atoms with E-state index in [2.05, 4.69) is 26.2 Å². The largest absolute Gasteiger partial charge is 0.347 e. The van der Waals surface area contributed by atoms with E-state index in [9.17, 15) is 4.79 Å². The number of carbonyl (C=O) groups excluding carboxylic acids is 1. The molecule has 0 aliphatic heterocycles. The number of alkyl halides is 1. The normalized spacial score (nSPS) is 14.5. The molecule has 1 N–H and O–H groups in total. The second-order valence-corrected chi connectivity index (χ2v) is 4.47. The molecule has 0 aliphatic carbocycles. The third kappa shape index (κ3) is 3.10. The highest BCUT2D eigenvalue weighted by atomic mass is 79.9. The van der Waals surface area contributed by atoms with Gasteiger partial charge in [-0.1, -0.05) is 22.0 Å². The van der Waals surface area contributed by atoms with Crippen LogP contribution in [0.1, 0.15) is 25.6 Å². The topological polar surface area (TPSA) is 42.0 Å². The van der Waals surface area contributed by atoms with Gasteiger partial charge in [-0.25, -0.2) is 0 Å². The van der Waals surface area contributed by atoms with E-state index in [1.807, 2.05) is 25.1 Å². The van der Waals surface area contributed by atoms with Crippen LogP contribution in [0.15, 0.2) is 24.4 Å². The van der Waals surface area contributed by atoms with Gasteiger partial charge in [0.2, 0.25) is 5.91 Å². The maximum atomic E-state index is 11.3. The Labute approximate surface area is 92.1 Å². The zero-order chi connectivity index (χ0) is 10.6. The SMILES string of the molecule is CC(Br)C(=O)N[C@H](C)c1ccccn1. The van der Waals surface area contributed by atoms with Crippen LogP contribution in [-0.2, 0) is 4.79 Å². The summed E-state index contributed by atoms with van der Waals surface area (Å²) in [6.45, 7) is 3.70. The van der Waals surface area contributed by atoms with Gasteiger partial charge in [0, 0.05) is 6.20 Å². The Morgan fingerprint density at radius 2 is 2.21 bits per heavy atom. The molecule has 0 radical (unpaired) electrons. The van der Waals surface area contributed by atoms with Gasteiger partial charge in [0.25, 0.3) is 0 Å². The summed E-state index contributed by atoms with van der Waals surface area (Å²) >= 11 is 3.21. The van der Waals surface area contributed by atoms with E-state index in [1.165, 1.54) is 0 Å². The summed E-state index contributed by atoms with van der Waals surface area (Å²) in [6.07, 6.45) is 1.72. The molecule has 4 heteroatoms. The molecule has 1 aromatic heterocycles. The van der Waals surface area contributed by atoms with Gasteiger partial charge in [0.15, 0.2) is 0 Å². The predicted octanol–water partition coefficient (Wildman–Crippen LogP) is 2.04. The quantitative estimate of drug-likeness (QED) is 0.842. The summed E-state index contributed by atoms with van der Waals surface area (Å²) in [4.78, 5) is 15.3. The first kappa shape index (κ1) is 11.2. The summed E-state index contributed by atoms with van der Waals surface area (Å²) in [6, 6.07) is 5.60. The fourth-order valence-electron chi connectivity index (χ4n) is 1.03. The third-order valence-corrected chi connectivity index (χ3v) is 2.27. The van der Waals surface area contributed by atoms with E-state index >= 15 is 0 Å². The molecule has 1 amide bonds. The molecule has 0 fully saturated rings. The van der Waals surface area contributed by atoms with Gasteiger partial charge in [0.1, 0.15) is 0 Å². The second kappa shape index (κ2) is 5.10. The number of halogens is 1. The molecule has 76 valence electrons. The van der Waals surface area contributed by atoms with Gasteiger partial charge < -0.3 is 5.32 Å². The molecule has 14 heavy (non-hydrogen) atoms. The number of carbonyl (C=O) groups is 1. The maximum Gasteiger partial charge on any atom is 0.234 e. The van der Waals surface area contributed by atoms with E-state index in [0.717, 1.165) is 5.69 Å². The Kier molecular flexibility index (Phi) is 4.07. The summed E-state index contributed by atoms with van der Waals surface area (Å²) in [5, 5.41) is 2.85. The van der Waals surface area contributed by atoms with E-state index < -0.39 is 0 Å². The monoisotopic (exact) mass is 256 g/mol. The van der Waals surface area contributed by atoms with Crippen LogP contribution >= 0.6 is 15.9 Å². The van der Waals surface area contributed by atoms with Gasteiger partial charge in [-0.3, -0.25) is 9.78 Å². The van der Waals surface area contributed by atoms with Crippen LogP contribution < -0.4 is 5.32 Å². The average molecular weight is 257 g/mol. The average Bonchev–Trinajstić information content (AvgIpc) is 2.19. The molecule has 1 unspecified atom stereocenters. The van der Waals surface area contributed by atoms with Crippen molar-refractivity contribution in [1.29, 1.82) is 0 Å². The molecule has 0 aliphatic rings. The van der Waals surface area contributed by atoms with E-state index in [-0.39, 0.29) is 16.8 Å². The molecule has 0 saturated carbocycles. The summed E-state index contributed by atoms with van der Waals surface area (Å²) < 4.78 is 0. The minimum absolute atomic E-state index is 0.0249. The molecular formula is C10H13BrN2O. The molecule has 1 aromatic rings. The molecular weight excluding hydrogens is 244 g/mol. The highest BCUT2D eigenvalue weighted by molar-refractivity contribution is 9.10. The Morgan fingerprint density at radius 1 is 1.50 bits per heavy atom. The summed E-state index contributed by atoms with van der Waals surface area (Å²) in [5.74, 6) is -0.0249.